The van der Waals surface area contributed by atoms with Crippen molar-refractivity contribution in [2.24, 2.45) is 5.73 Å². The lowest BCUT2D eigenvalue weighted by Crippen LogP contribution is -2.40. The molecule has 20 heavy (non-hydrogen) atoms. The molecule has 1 unspecified atom stereocenters. The molecule has 1 aliphatic heterocycles. The summed E-state index contributed by atoms with van der Waals surface area (Å²) in [5.74, 6) is -4.02. The molecule has 0 radical (unpaired) electrons. The van der Waals surface area contributed by atoms with Gasteiger partial charge >= 0.3 is 0 Å². The molecular formula is C11H14ClF3N2O2S. The van der Waals surface area contributed by atoms with Crippen molar-refractivity contribution in [3.05, 3.63) is 29.6 Å². The van der Waals surface area contributed by atoms with E-state index in [1.165, 1.54) is 0 Å². The Kier molecular flexibility index (Phi) is 5.42. The fourth-order valence-corrected chi connectivity index (χ4v) is 4.05. The Hall–Kier alpha value is -0.830. The number of hydrogen-bond acceptors (Lipinski definition) is 3. The number of halogens is 4. The summed E-state index contributed by atoms with van der Waals surface area (Å²) in [4.78, 5) is -1.12. The molecule has 114 valence electrons. The van der Waals surface area contributed by atoms with Crippen LogP contribution in [0.15, 0.2) is 17.0 Å². The first-order valence-electron chi connectivity index (χ1n) is 5.74. The molecule has 1 saturated heterocycles. The van der Waals surface area contributed by atoms with Gasteiger partial charge in [-0.2, -0.15) is 4.31 Å². The van der Waals surface area contributed by atoms with Crippen molar-refractivity contribution in [1.82, 2.24) is 4.31 Å². The summed E-state index contributed by atoms with van der Waals surface area (Å²) in [6.07, 6.45) is 1.12. The van der Waals surface area contributed by atoms with Gasteiger partial charge in [-0.15, -0.1) is 12.4 Å². The first-order chi connectivity index (χ1) is 8.87. The molecule has 1 atom stereocenters. The molecule has 2 rings (SSSR count). The van der Waals surface area contributed by atoms with Crippen LogP contribution in [0.2, 0.25) is 0 Å². The van der Waals surface area contributed by atoms with Gasteiger partial charge in [-0.3, -0.25) is 0 Å². The van der Waals surface area contributed by atoms with Crippen LogP contribution in [-0.2, 0) is 10.0 Å². The number of nitrogens with two attached hydrogens (primary N) is 1. The molecule has 2 N–H and O–H groups in total. The van der Waals surface area contributed by atoms with E-state index in [9.17, 15) is 21.6 Å². The molecule has 0 aromatic heterocycles. The van der Waals surface area contributed by atoms with E-state index in [0.717, 1.165) is 4.31 Å². The Morgan fingerprint density at radius 3 is 2.30 bits per heavy atom. The Balaban J connectivity index is 0.00000200. The average Bonchev–Trinajstić information content (AvgIpc) is 2.75. The van der Waals surface area contributed by atoms with Gasteiger partial charge in [-0.1, -0.05) is 0 Å². The minimum atomic E-state index is -4.34. The molecule has 4 nitrogen and oxygen atoms in total. The number of rotatable bonds is 3. The number of nitrogens with zero attached hydrogens (tertiary/aromatic N) is 1. The van der Waals surface area contributed by atoms with Crippen LogP contribution >= 0.6 is 12.4 Å². The van der Waals surface area contributed by atoms with Crippen LogP contribution in [0.3, 0.4) is 0 Å². The number of benzene rings is 1. The van der Waals surface area contributed by atoms with Crippen molar-refractivity contribution >= 4 is 22.4 Å². The van der Waals surface area contributed by atoms with E-state index in [4.69, 9.17) is 5.73 Å². The monoisotopic (exact) mass is 330 g/mol. The zero-order valence-electron chi connectivity index (χ0n) is 10.4. The normalized spacial score (nSPS) is 19.9. The third-order valence-corrected chi connectivity index (χ3v) is 5.13. The van der Waals surface area contributed by atoms with E-state index in [-0.39, 0.29) is 25.5 Å². The van der Waals surface area contributed by atoms with E-state index >= 15 is 0 Å². The molecule has 0 spiro atoms. The molecule has 9 heteroatoms. The van der Waals surface area contributed by atoms with Crippen molar-refractivity contribution in [2.45, 2.75) is 23.8 Å². The second kappa shape index (κ2) is 6.30. The zero-order chi connectivity index (χ0) is 14.2. The van der Waals surface area contributed by atoms with Crippen LogP contribution in [0.25, 0.3) is 0 Å². The Morgan fingerprint density at radius 1 is 1.25 bits per heavy atom. The summed E-state index contributed by atoms with van der Waals surface area (Å²) >= 11 is 0. The fraction of sp³-hybridized carbons (Fsp3) is 0.455. The molecular weight excluding hydrogens is 317 g/mol. The summed E-state index contributed by atoms with van der Waals surface area (Å²) in [7, 11) is -4.34. The van der Waals surface area contributed by atoms with Crippen LogP contribution in [0.5, 0.6) is 0 Å². The molecule has 0 bridgehead atoms. The van der Waals surface area contributed by atoms with Crippen LogP contribution in [-0.4, -0.2) is 31.9 Å². The molecule has 1 aromatic carbocycles. The van der Waals surface area contributed by atoms with Gasteiger partial charge in [0.05, 0.1) is 0 Å². The molecule has 1 fully saturated rings. The number of sulfonamides is 1. The highest BCUT2D eigenvalue weighted by Crippen LogP contribution is 2.29. The van der Waals surface area contributed by atoms with E-state index in [1.807, 2.05) is 0 Å². The number of hydrogen-bond donors (Lipinski definition) is 1. The van der Waals surface area contributed by atoms with E-state index in [0.29, 0.717) is 25.0 Å². The summed E-state index contributed by atoms with van der Waals surface area (Å²) in [5.41, 5.74) is 5.45. The van der Waals surface area contributed by atoms with Crippen molar-refractivity contribution in [3.63, 3.8) is 0 Å². The largest absolute Gasteiger partial charge is 0.329 e. The average molecular weight is 331 g/mol. The van der Waals surface area contributed by atoms with Gasteiger partial charge in [-0.05, 0) is 12.8 Å². The van der Waals surface area contributed by atoms with Crippen molar-refractivity contribution in [2.75, 3.05) is 13.1 Å². The molecule has 0 saturated carbocycles. The van der Waals surface area contributed by atoms with Gasteiger partial charge in [0.2, 0.25) is 10.0 Å². The highest BCUT2D eigenvalue weighted by Gasteiger charge is 2.38. The highest BCUT2D eigenvalue weighted by molar-refractivity contribution is 7.89. The topological polar surface area (TPSA) is 63.4 Å². The van der Waals surface area contributed by atoms with Crippen LogP contribution in [0.1, 0.15) is 12.8 Å². The standard InChI is InChI=1S/C11H13F3N2O2S.ClH/c12-7-4-9(13)11(10(14)5-7)19(17,18)16-3-1-2-8(16)6-15;/h4-5,8H,1-3,6,15H2;1H. The first-order valence-corrected chi connectivity index (χ1v) is 7.18. The van der Waals surface area contributed by atoms with Crippen LogP contribution < -0.4 is 5.73 Å². The summed E-state index contributed by atoms with van der Waals surface area (Å²) in [6, 6.07) is 0.223. The maximum atomic E-state index is 13.6. The lowest BCUT2D eigenvalue weighted by molar-refractivity contribution is 0.385. The van der Waals surface area contributed by atoms with E-state index < -0.39 is 38.4 Å². The van der Waals surface area contributed by atoms with Gasteiger partial charge in [0.25, 0.3) is 0 Å². The predicted molar refractivity (Wildman–Crippen MR) is 69.5 cm³/mol. The molecule has 1 aromatic rings. The van der Waals surface area contributed by atoms with Crippen LogP contribution in [0, 0.1) is 17.5 Å². The Bertz CT molecular complexity index is 574. The quantitative estimate of drug-likeness (QED) is 0.916. The lowest BCUT2D eigenvalue weighted by Gasteiger charge is -2.23. The zero-order valence-corrected chi connectivity index (χ0v) is 12.0. The summed E-state index contributed by atoms with van der Waals surface area (Å²) in [5, 5.41) is 0. The van der Waals surface area contributed by atoms with Crippen molar-refractivity contribution < 1.29 is 21.6 Å². The third-order valence-electron chi connectivity index (χ3n) is 3.12. The third kappa shape index (κ3) is 2.93. The van der Waals surface area contributed by atoms with Crippen LogP contribution in [0.4, 0.5) is 13.2 Å². The van der Waals surface area contributed by atoms with Gasteiger partial charge < -0.3 is 5.73 Å². The lowest BCUT2D eigenvalue weighted by atomic mass is 10.2. The van der Waals surface area contributed by atoms with Gasteiger partial charge in [0.15, 0.2) is 4.90 Å². The minimum Gasteiger partial charge on any atom is -0.329 e. The predicted octanol–water partition coefficient (Wildman–Crippen LogP) is 1.64. The van der Waals surface area contributed by atoms with Crippen molar-refractivity contribution in [3.8, 4) is 0 Å². The maximum Gasteiger partial charge on any atom is 0.249 e. The second-order valence-corrected chi connectivity index (χ2v) is 6.17. The molecule has 0 amide bonds. The van der Waals surface area contributed by atoms with Gasteiger partial charge in [-0.25, -0.2) is 21.6 Å². The van der Waals surface area contributed by atoms with Gasteiger partial charge in [0, 0.05) is 31.3 Å². The summed E-state index contributed by atoms with van der Waals surface area (Å²) in [6.45, 7) is 0.226. The molecule has 1 aliphatic rings. The van der Waals surface area contributed by atoms with Gasteiger partial charge in [0.1, 0.15) is 17.5 Å². The van der Waals surface area contributed by atoms with Crippen molar-refractivity contribution in [1.29, 1.82) is 0 Å². The minimum absolute atomic E-state index is 0. The highest BCUT2D eigenvalue weighted by atomic mass is 35.5. The SMILES string of the molecule is Cl.NCC1CCCN1S(=O)(=O)c1c(F)cc(F)cc1F. The van der Waals surface area contributed by atoms with E-state index in [2.05, 4.69) is 0 Å². The molecule has 1 heterocycles. The second-order valence-electron chi connectivity index (χ2n) is 4.35. The fourth-order valence-electron chi connectivity index (χ4n) is 2.25. The Morgan fingerprint density at radius 2 is 1.80 bits per heavy atom. The smallest absolute Gasteiger partial charge is 0.249 e. The van der Waals surface area contributed by atoms with E-state index in [1.54, 1.807) is 0 Å². The first kappa shape index (κ1) is 17.2. The summed E-state index contributed by atoms with van der Waals surface area (Å²) < 4.78 is 65.4. The Labute approximate surface area is 121 Å². The maximum absolute atomic E-state index is 13.6. The molecule has 0 aliphatic carbocycles.